The minimum absolute atomic E-state index is 0.0448. The number of nitrogens with one attached hydrogen (secondary N) is 1. The van der Waals surface area contributed by atoms with Crippen LogP contribution in [0.2, 0.25) is 5.15 Å². The molecule has 166 valence electrons. The Morgan fingerprint density at radius 2 is 1.74 bits per heavy atom. The van der Waals surface area contributed by atoms with Crippen molar-refractivity contribution in [2.75, 3.05) is 31.1 Å². The number of piperazine rings is 1. The van der Waals surface area contributed by atoms with Crippen LogP contribution in [0.4, 0.5) is 10.6 Å². The Balaban J connectivity index is 1.27. The summed E-state index contributed by atoms with van der Waals surface area (Å²) in [6.07, 6.45) is 5.24. The molecule has 0 spiro atoms. The van der Waals surface area contributed by atoms with Gasteiger partial charge in [0.15, 0.2) is 0 Å². The molecule has 1 aromatic carbocycles. The van der Waals surface area contributed by atoms with Crippen molar-refractivity contribution in [3.8, 4) is 0 Å². The van der Waals surface area contributed by atoms with Crippen LogP contribution in [0.5, 0.6) is 0 Å². The van der Waals surface area contributed by atoms with Crippen LogP contribution in [0.1, 0.15) is 32.3 Å². The van der Waals surface area contributed by atoms with E-state index in [-0.39, 0.29) is 24.2 Å². The third-order valence-electron chi connectivity index (χ3n) is 6.25. The van der Waals surface area contributed by atoms with Gasteiger partial charge in [-0.15, -0.1) is 0 Å². The number of anilines is 1. The number of aromatic nitrogens is 2. The van der Waals surface area contributed by atoms with Crippen molar-refractivity contribution >= 4 is 23.4 Å². The van der Waals surface area contributed by atoms with Crippen molar-refractivity contribution in [1.82, 2.24) is 25.1 Å². The number of urea groups is 1. The second-order valence-corrected chi connectivity index (χ2v) is 9.08. The number of benzene rings is 1. The molecule has 0 aliphatic carbocycles. The summed E-state index contributed by atoms with van der Waals surface area (Å²) >= 11 is 5.86. The predicted octanol–water partition coefficient (Wildman–Crippen LogP) is 3.40. The van der Waals surface area contributed by atoms with Crippen molar-refractivity contribution in [2.45, 2.75) is 51.4 Å². The van der Waals surface area contributed by atoms with E-state index in [1.165, 1.54) is 5.56 Å². The van der Waals surface area contributed by atoms with Crippen LogP contribution in [0.3, 0.4) is 0 Å². The summed E-state index contributed by atoms with van der Waals surface area (Å²) in [5.74, 6) is 0.800. The summed E-state index contributed by atoms with van der Waals surface area (Å²) < 4.78 is 0. The first-order valence-corrected chi connectivity index (χ1v) is 11.4. The number of halogens is 1. The number of hydrogen-bond acceptors (Lipinski definition) is 5. The fraction of sp³-hybridized carbons (Fsp3) is 0.522. The molecule has 0 saturated carbocycles. The molecule has 2 aromatic rings. The van der Waals surface area contributed by atoms with E-state index < -0.39 is 0 Å². The molecule has 0 unspecified atom stereocenters. The fourth-order valence-corrected chi connectivity index (χ4v) is 4.80. The molecule has 1 N–H and O–H groups in total. The predicted molar refractivity (Wildman–Crippen MR) is 123 cm³/mol. The van der Waals surface area contributed by atoms with Crippen LogP contribution in [0.15, 0.2) is 42.7 Å². The highest BCUT2D eigenvalue weighted by Crippen LogP contribution is 2.22. The van der Waals surface area contributed by atoms with Crippen LogP contribution in [-0.2, 0) is 6.54 Å². The summed E-state index contributed by atoms with van der Waals surface area (Å²) in [7, 11) is 0. The minimum atomic E-state index is 0.0448. The van der Waals surface area contributed by atoms with Gasteiger partial charge in [0, 0.05) is 50.8 Å². The average molecular weight is 443 g/mol. The third-order valence-corrected chi connectivity index (χ3v) is 6.44. The lowest BCUT2D eigenvalue weighted by Crippen LogP contribution is -2.62. The first kappa shape index (κ1) is 21.8. The highest BCUT2D eigenvalue weighted by atomic mass is 35.5. The number of carbonyl (C=O) groups excluding carboxylic acids is 1. The number of nitrogens with zero attached hydrogens (tertiary/aromatic N) is 5. The van der Waals surface area contributed by atoms with Gasteiger partial charge in [-0.2, -0.15) is 0 Å². The van der Waals surface area contributed by atoms with E-state index in [0.29, 0.717) is 5.15 Å². The van der Waals surface area contributed by atoms with Gasteiger partial charge in [0.1, 0.15) is 11.0 Å². The van der Waals surface area contributed by atoms with E-state index in [0.717, 1.165) is 51.4 Å². The van der Waals surface area contributed by atoms with Crippen molar-refractivity contribution in [2.24, 2.45) is 0 Å². The monoisotopic (exact) mass is 442 g/mol. The molecule has 0 bridgehead atoms. The second-order valence-electron chi connectivity index (χ2n) is 8.69. The Morgan fingerprint density at radius 1 is 1.06 bits per heavy atom. The molecular weight excluding hydrogens is 412 g/mol. The Morgan fingerprint density at radius 3 is 2.35 bits per heavy atom. The van der Waals surface area contributed by atoms with Crippen LogP contribution in [0.25, 0.3) is 0 Å². The van der Waals surface area contributed by atoms with Gasteiger partial charge in [-0.1, -0.05) is 41.9 Å². The zero-order valence-corrected chi connectivity index (χ0v) is 19.0. The topological polar surface area (TPSA) is 64.6 Å². The molecule has 8 heteroatoms. The zero-order valence-electron chi connectivity index (χ0n) is 18.2. The third kappa shape index (κ3) is 5.46. The molecular formula is C23H31ClN6O. The molecule has 2 amide bonds. The summed E-state index contributed by atoms with van der Waals surface area (Å²) in [5, 5.41) is 3.68. The summed E-state index contributed by atoms with van der Waals surface area (Å²) in [6, 6.07) is 11.0. The highest BCUT2D eigenvalue weighted by molar-refractivity contribution is 6.29. The number of piperidine rings is 1. The minimum Gasteiger partial charge on any atom is -0.351 e. The van der Waals surface area contributed by atoms with Gasteiger partial charge in [-0.05, 0) is 32.3 Å². The van der Waals surface area contributed by atoms with Gasteiger partial charge in [0.05, 0.1) is 12.4 Å². The maximum Gasteiger partial charge on any atom is 0.318 e. The van der Waals surface area contributed by atoms with E-state index in [1.54, 1.807) is 12.4 Å². The first-order valence-electron chi connectivity index (χ1n) is 11.1. The molecule has 2 atom stereocenters. The van der Waals surface area contributed by atoms with Gasteiger partial charge in [-0.25, -0.2) is 14.8 Å². The Labute approximate surface area is 189 Å². The largest absolute Gasteiger partial charge is 0.351 e. The van der Waals surface area contributed by atoms with Crippen LogP contribution < -0.4 is 10.2 Å². The quantitative estimate of drug-likeness (QED) is 0.786. The maximum absolute atomic E-state index is 13.1. The second kappa shape index (κ2) is 9.83. The molecule has 0 radical (unpaired) electrons. The fourth-order valence-electron chi connectivity index (χ4n) is 4.71. The van der Waals surface area contributed by atoms with Crippen molar-refractivity contribution in [1.29, 1.82) is 0 Å². The highest BCUT2D eigenvalue weighted by Gasteiger charge is 2.34. The van der Waals surface area contributed by atoms with Gasteiger partial charge in [0.2, 0.25) is 0 Å². The molecule has 2 aliphatic rings. The molecule has 2 aliphatic heterocycles. The van der Waals surface area contributed by atoms with E-state index >= 15 is 0 Å². The number of amides is 2. The first-order chi connectivity index (χ1) is 15.0. The van der Waals surface area contributed by atoms with Crippen molar-refractivity contribution in [3.63, 3.8) is 0 Å². The summed E-state index contributed by atoms with van der Waals surface area (Å²) in [6.45, 7) is 8.63. The number of hydrogen-bond donors (Lipinski definition) is 1. The molecule has 7 nitrogen and oxygen atoms in total. The van der Waals surface area contributed by atoms with E-state index in [9.17, 15) is 4.79 Å². The normalized spacial score (nSPS) is 23.1. The Bertz CT molecular complexity index is 844. The van der Waals surface area contributed by atoms with Gasteiger partial charge in [-0.3, -0.25) is 4.90 Å². The van der Waals surface area contributed by atoms with Gasteiger partial charge < -0.3 is 15.1 Å². The smallest absolute Gasteiger partial charge is 0.318 e. The van der Waals surface area contributed by atoms with Gasteiger partial charge >= 0.3 is 6.03 Å². The summed E-state index contributed by atoms with van der Waals surface area (Å²) in [5.41, 5.74) is 1.34. The number of rotatable bonds is 4. The van der Waals surface area contributed by atoms with Gasteiger partial charge in [0.25, 0.3) is 0 Å². The SMILES string of the molecule is C[C@@H]1CN(c2cnc(Cl)cn2)C[C@@H](C)N1C(=O)NC1CCN(Cc2ccccc2)CC1. The molecule has 31 heavy (non-hydrogen) atoms. The van der Waals surface area contributed by atoms with E-state index in [1.807, 2.05) is 4.90 Å². The van der Waals surface area contributed by atoms with Crippen molar-refractivity contribution < 1.29 is 4.79 Å². The van der Waals surface area contributed by atoms with Crippen LogP contribution >= 0.6 is 11.6 Å². The van der Waals surface area contributed by atoms with E-state index in [4.69, 9.17) is 11.6 Å². The Kier molecular flexibility index (Phi) is 6.92. The molecule has 2 saturated heterocycles. The lowest BCUT2D eigenvalue weighted by atomic mass is 10.0. The summed E-state index contributed by atoms with van der Waals surface area (Å²) in [4.78, 5) is 28.2. The number of carbonyl (C=O) groups is 1. The van der Waals surface area contributed by atoms with E-state index in [2.05, 4.69) is 69.3 Å². The number of likely N-dealkylation sites (tertiary alicyclic amines) is 1. The van der Waals surface area contributed by atoms with Crippen molar-refractivity contribution in [3.05, 3.63) is 53.4 Å². The molecule has 1 aromatic heterocycles. The lowest BCUT2D eigenvalue weighted by Gasteiger charge is -2.45. The molecule has 2 fully saturated rings. The standard InChI is InChI=1S/C23H31ClN6O/c1-17-14-29(22-13-25-21(24)12-26-22)15-18(2)30(17)23(31)27-20-8-10-28(11-9-20)16-19-6-4-3-5-7-19/h3-7,12-13,17-18,20H,8-11,14-16H2,1-2H3,(H,27,31)/t17-,18-/m1/s1. The van der Waals surface area contributed by atoms with Crippen LogP contribution in [-0.4, -0.2) is 70.1 Å². The zero-order chi connectivity index (χ0) is 21.8. The molecule has 3 heterocycles. The lowest BCUT2D eigenvalue weighted by molar-refractivity contribution is 0.130. The molecule has 4 rings (SSSR count). The average Bonchev–Trinajstić information content (AvgIpc) is 2.76. The van der Waals surface area contributed by atoms with Crippen LogP contribution in [0, 0.1) is 0 Å². The Hall–Kier alpha value is -2.38. The maximum atomic E-state index is 13.1.